The van der Waals surface area contributed by atoms with Gasteiger partial charge in [-0.2, -0.15) is 4.31 Å². The zero-order valence-electron chi connectivity index (χ0n) is 14.2. The van der Waals surface area contributed by atoms with Crippen molar-refractivity contribution in [2.45, 2.75) is 56.9 Å². The van der Waals surface area contributed by atoms with E-state index in [0.717, 1.165) is 19.3 Å². The molecule has 6 heteroatoms. The fourth-order valence-corrected chi connectivity index (χ4v) is 4.51. The van der Waals surface area contributed by atoms with Gasteiger partial charge in [-0.05, 0) is 55.7 Å². The first-order valence-corrected chi connectivity index (χ1v) is 9.66. The number of hydrogen-bond acceptors (Lipinski definition) is 3. The van der Waals surface area contributed by atoms with Gasteiger partial charge >= 0.3 is 0 Å². The van der Waals surface area contributed by atoms with E-state index in [4.69, 9.17) is 5.73 Å². The summed E-state index contributed by atoms with van der Waals surface area (Å²) in [6.45, 7) is 7.38. The molecule has 3 unspecified atom stereocenters. The van der Waals surface area contributed by atoms with E-state index in [2.05, 4.69) is 13.8 Å². The first-order chi connectivity index (χ1) is 10.4. The van der Waals surface area contributed by atoms with E-state index in [1.807, 2.05) is 19.1 Å². The van der Waals surface area contributed by atoms with Gasteiger partial charge in [0.15, 0.2) is 0 Å². The number of nitrogens with two attached hydrogens (primary N) is 1. The van der Waals surface area contributed by atoms with Crippen LogP contribution in [0.3, 0.4) is 0 Å². The molecule has 132 valence electrons. The fourth-order valence-electron chi connectivity index (χ4n) is 2.97. The summed E-state index contributed by atoms with van der Waals surface area (Å²) in [6, 6.07) is 7.39. The SMILES string of the molecule is CCC(C)c1ccc(S(=O)(=O)N2CCCC(C(C)N)C2)cc1.Cl. The van der Waals surface area contributed by atoms with Crippen molar-refractivity contribution >= 4 is 22.4 Å². The van der Waals surface area contributed by atoms with Gasteiger partial charge in [0.2, 0.25) is 10.0 Å². The Morgan fingerprint density at radius 1 is 1.26 bits per heavy atom. The van der Waals surface area contributed by atoms with Crippen molar-refractivity contribution in [1.29, 1.82) is 0 Å². The van der Waals surface area contributed by atoms with Gasteiger partial charge in [0.05, 0.1) is 4.90 Å². The van der Waals surface area contributed by atoms with Gasteiger partial charge in [0, 0.05) is 19.1 Å². The number of piperidine rings is 1. The Morgan fingerprint density at radius 3 is 2.39 bits per heavy atom. The molecule has 1 fully saturated rings. The van der Waals surface area contributed by atoms with Crippen molar-refractivity contribution in [2.75, 3.05) is 13.1 Å². The van der Waals surface area contributed by atoms with Crippen molar-refractivity contribution < 1.29 is 8.42 Å². The lowest BCUT2D eigenvalue weighted by atomic mass is 9.93. The van der Waals surface area contributed by atoms with Crippen LogP contribution in [0.5, 0.6) is 0 Å². The predicted molar refractivity (Wildman–Crippen MR) is 97.5 cm³/mol. The summed E-state index contributed by atoms with van der Waals surface area (Å²) in [7, 11) is -3.40. The maximum absolute atomic E-state index is 12.8. The average molecular weight is 361 g/mol. The second-order valence-electron chi connectivity index (χ2n) is 6.50. The summed E-state index contributed by atoms with van der Waals surface area (Å²) in [5.41, 5.74) is 7.15. The van der Waals surface area contributed by atoms with E-state index in [1.165, 1.54) is 5.56 Å². The molecule has 1 heterocycles. The Hall–Kier alpha value is -0.620. The molecule has 1 aromatic rings. The third-order valence-electron chi connectivity index (χ3n) is 4.86. The third-order valence-corrected chi connectivity index (χ3v) is 6.74. The van der Waals surface area contributed by atoms with E-state index >= 15 is 0 Å². The van der Waals surface area contributed by atoms with E-state index in [0.29, 0.717) is 23.9 Å². The number of sulfonamides is 1. The highest BCUT2D eigenvalue weighted by Gasteiger charge is 2.31. The number of rotatable bonds is 5. The molecule has 0 bridgehead atoms. The van der Waals surface area contributed by atoms with Gasteiger partial charge in [-0.1, -0.05) is 26.0 Å². The molecular weight excluding hydrogens is 332 g/mol. The molecule has 23 heavy (non-hydrogen) atoms. The molecule has 1 aliphatic rings. The van der Waals surface area contributed by atoms with E-state index in [-0.39, 0.29) is 24.4 Å². The lowest BCUT2D eigenvalue weighted by Crippen LogP contribution is -2.44. The largest absolute Gasteiger partial charge is 0.328 e. The predicted octanol–water partition coefficient (Wildman–Crippen LogP) is 3.37. The molecule has 4 nitrogen and oxygen atoms in total. The monoisotopic (exact) mass is 360 g/mol. The molecule has 2 rings (SSSR count). The Kier molecular flexibility index (Phi) is 7.52. The van der Waals surface area contributed by atoms with E-state index in [9.17, 15) is 8.42 Å². The zero-order valence-corrected chi connectivity index (χ0v) is 15.9. The van der Waals surface area contributed by atoms with Crippen LogP contribution < -0.4 is 5.73 Å². The molecule has 1 aliphatic heterocycles. The van der Waals surface area contributed by atoms with Crippen LogP contribution in [-0.2, 0) is 10.0 Å². The molecule has 3 atom stereocenters. The first-order valence-electron chi connectivity index (χ1n) is 8.22. The average Bonchev–Trinajstić information content (AvgIpc) is 2.54. The zero-order chi connectivity index (χ0) is 16.3. The summed E-state index contributed by atoms with van der Waals surface area (Å²) >= 11 is 0. The van der Waals surface area contributed by atoms with Gasteiger partial charge in [0.1, 0.15) is 0 Å². The smallest absolute Gasteiger partial charge is 0.243 e. The van der Waals surface area contributed by atoms with Crippen LogP contribution in [0.2, 0.25) is 0 Å². The Morgan fingerprint density at radius 2 is 1.87 bits per heavy atom. The molecule has 0 spiro atoms. The molecule has 0 amide bonds. The second kappa shape index (κ2) is 8.47. The Bertz CT molecular complexity index is 587. The normalized spacial score (nSPS) is 22.2. The number of nitrogens with zero attached hydrogens (tertiary/aromatic N) is 1. The molecular formula is C17H29ClN2O2S. The minimum Gasteiger partial charge on any atom is -0.328 e. The fraction of sp³-hybridized carbons (Fsp3) is 0.647. The van der Waals surface area contributed by atoms with Crippen molar-refractivity contribution in [2.24, 2.45) is 11.7 Å². The van der Waals surface area contributed by atoms with Gasteiger partial charge in [-0.15, -0.1) is 12.4 Å². The maximum atomic E-state index is 12.8. The van der Waals surface area contributed by atoms with Crippen LogP contribution in [0.15, 0.2) is 29.2 Å². The summed E-state index contributed by atoms with van der Waals surface area (Å²) in [5, 5.41) is 0. The van der Waals surface area contributed by atoms with Crippen LogP contribution in [0.1, 0.15) is 51.5 Å². The highest BCUT2D eigenvalue weighted by Crippen LogP contribution is 2.26. The quantitative estimate of drug-likeness (QED) is 0.875. The van der Waals surface area contributed by atoms with Crippen molar-refractivity contribution in [3.05, 3.63) is 29.8 Å². The minimum absolute atomic E-state index is 0. The third kappa shape index (κ3) is 4.69. The first kappa shape index (κ1) is 20.4. The van der Waals surface area contributed by atoms with Gasteiger partial charge < -0.3 is 5.73 Å². The summed E-state index contributed by atoms with van der Waals surface area (Å²) in [4.78, 5) is 0.393. The van der Waals surface area contributed by atoms with Crippen LogP contribution in [0, 0.1) is 5.92 Å². The summed E-state index contributed by atoms with van der Waals surface area (Å²) < 4.78 is 27.2. The number of hydrogen-bond donors (Lipinski definition) is 1. The van der Waals surface area contributed by atoms with E-state index in [1.54, 1.807) is 16.4 Å². The summed E-state index contributed by atoms with van der Waals surface area (Å²) in [5.74, 6) is 0.706. The van der Waals surface area contributed by atoms with Crippen LogP contribution in [-0.4, -0.2) is 31.9 Å². The molecule has 0 aromatic heterocycles. The van der Waals surface area contributed by atoms with Gasteiger partial charge in [-0.25, -0.2) is 8.42 Å². The lowest BCUT2D eigenvalue weighted by molar-refractivity contribution is 0.243. The van der Waals surface area contributed by atoms with E-state index < -0.39 is 10.0 Å². The van der Waals surface area contributed by atoms with Gasteiger partial charge in [-0.3, -0.25) is 0 Å². The highest BCUT2D eigenvalue weighted by atomic mass is 35.5. The summed E-state index contributed by atoms with van der Waals surface area (Å²) in [6.07, 6.45) is 2.95. The highest BCUT2D eigenvalue weighted by molar-refractivity contribution is 7.89. The molecule has 2 N–H and O–H groups in total. The maximum Gasteiger partial charge on any atom is 0.243 e. The molecule has 0 aliphatic carbocycles. The Balaban J connectivity index is 0.00000264. The topological polar surface area (TPSA) is 63.4 Å². The van der Waals surface area contributed by atoms with Crippen molar-refractivity contribution in [1.82, 2.24) is 4.31 Å². The van der Waals surface area contributed by atoms with Gasteiger partial charge in [0.25, 0.3) is 0 Å². The molecule has 1 aromatic carbocycles. The molecule has 0 radical (unpaired) electrons. The van der Waals surface area contributed by atoms with Crippen molar-refractivity contribution in [3.8, 4) is 0 Å². The number of halogens is 1. The lowest BCUT2D eigenvalue weighted by Gasteiger charge is -2.33. The minimum atomic E-state index is -3.40. The van der Waals surface area contributed by atoms with Crippen LogP contribution in [0.25, 0.3) is 0 Å². The van der Waals surface area contributed by atoms with Crippen molar-refractivity contribution in [3.63, 3.8) is 0 Å². The molecule has 0 saturated carbocycles. The Labute approximate surface area is 146 Å². The molecule has 1 saturated heterocycles. The van der Waals surface area contributed by atoms with Crippen LogP contribution >= 0.6 is 12.4 Å². The van der Waals surface area contributed by atoms with Crippen LogP contribution in [0.4, 0.5) is 0 Å². The number of benzene rings is 1. The second-order valence-corrected chi connectivity index (χ2v) is 8.44. The standard InChI is InChI=1S/C17H28N2O2S.ClH/c1-4-13(2)15-7-9-17(10-8-15)22(20,21)19-11-5-6-16(12-19)14(3)18;/h7-10,13-14,16H,4-6,11-12,18H2,1-3H3;1H.